The average molecular weight is 336 g/mol. The van der Waals surface area contributed by atoms with E-state index in [9.17, 15) is 0 Å². The predicted molar refractivity (Wildman–Crippen MR) is 84.1 cm³/mol. The molecule has 2 aromatic heterocycles. The Kier molecular flexibility index (Phi) is 4.17. The molecule has 2 aromatic rings. The summed E-state index contributed by atoms with van der Waals surface area (Å²) in [5, 5.41) is 0. The first-order valence-electron chi connectivity index (χ1n) is 6.93. The minimum absolute atomic E-state index is 0.757. The van der Waals surface area contributed by atoms with E-state index in [1.165, 1.54) is 12.8 Å². The van der Waals surface area contributed by atoms with Gasteiger partial charge in [0.1, 0.15) is 5.52 Å². The molecular weight excluding hydrogens is 318 g/mol. The molecule has 0 N–H and O–H groups in total. The quantitative estimate of drug-likeness (QED) is 0.759. The Morgan fingerprint density at radius 2 is 2.25 bits per heavy atom. The number of hydrogen-bond acceptors (Lipinski definition) is 4. The van der Waals surface area contributed by atoms with E-state index in [1.54, 1.807) is 0 Å². The molecule has 1 aliphatic carbocycles. The molecule has 4 nitrogen and oxygen atoms in total. The first-order valence-corrected chi connectivity index (χ1v) is 7.72. The topological polar surface area (TPSA) is 38.2 Å². The summed E-state index contributed by atoms with van der Waals surface area (Å²) >= 11 is 3.43. The largest absolute Gasteiger partial charge is 0.379 e. The van der Waals surface area contributed by atoms with Crippen LogP contribution >= 0.6 is 15.9 Å². The van der Waals surface area contributed by atoms with Gasteiger partial charge in [-0.3, -0.25) is 9.97 Å². The molecule has 0 radical (unpaired) electrons. The fraction of sp³-hybridized carbons (Fsp3) is 0.467. The SMILES string of the molecule is CN(CCOCC1CC1)c1ccnc2cc(Br)cnc12. The zero-order valence-corrected chi connectivity index (χ0v) is 13.1. The van der Waals surface area contributed by atoms with E-state index in [-0.39, 0.29) is 0 Å². The Bertz CT molecular complexity index is 601. The number of rotatable bonds is 6. The predicted octanol–water partition coefficient (Wildman–Crippen LogP) is 3.26. The van der Waals surface area contributed by atoms with Crippen molar-refractivity contribution in [3.63, 3.8) is 0 Å². The molecule has 20 heavy (non-hydrogen) atoms. The fourth-order valence-electron chi connectivity index (χ4n) is 2.16. The molecule has 0 unspecified atom stereocenters. The van der Waals surface area contributed by atoms with Gasteiger partial charge in [-0.05, 0) is 46.8 Å². The van der Waals surface area contributed by atoms with Crippen molar-refractivity contribution in [1.82, 2.24) is 9.97 Å². The van der Waals surface area contributed by atoms with E-state index in [0.717, 1.165) is 46.9 Å². The lowest BCUT2D eigenvalue weighted by molar-refractivity contribution is 0.131. The summed E-state index contributed by atoms with van der Waals surface area (Å²) < 4.78 is 6.64. The number of aromatic nitrogens is 2. The fourth-order valence-corrected chi connectivity index (χ4v) is 2.48. The molecule has 3 rings (SSSR count). The number of likely N-dealkylation sites (N-methyl/N-ethyl adjacent to an activating group) is 1. The summed E-state index contributed by atoms with van der Waals surface area (Å²) in [6, 6.07) is 3.99. The summed E-state index contributed by atoms with van der Waals surface area (Å²) in [7, 11) is 2.07. The van der Waals surface area contributed by atoms with Gasteiger partial charge in [0.15, 0.2) is 0 Å². The normalized spacial score (nSPS) is 14.7. The van der Waals surface area contributed by atoms with Gasteiger partial charge >= 0.3 is 0 Å². The van der Waals surface area contributed by atoms with Crippen molar-refractivity contribution in [2.24, 2.45) is 5.92 Å². The summed E-state index contributed by atoms with van der Waals surface area (Å²) in [5.74, 6) is 0.820. The zero-order chi connectivity index (χ0) is 13.9. The number of anilines is 1. The van der Waals surface area contributed by atoms with Gasteiger partial charge in [-0.15, -0.1) is 0 Å². The van der Waals surface area contributed by atoms with E-state index in [1.807, 2.05) is 24.5 Å². The van der Waals surface area contributed by atoms with Crippen LogP contribution in [-0.4, -0.2) is 36.8 Å². The standard InChI is InChI=1S/C15H18BrN3O/c1-19(6-7-20-10-11-2-3-11)14-4-5-17-13-8-12(16)9-18-15(13)14/h4-5,8-9,11H,2-3,6-7,10H2,1H3. The van der Waals surface area contributed by atoms with Crippen LogP contribution in [0.2, 0.25) is 0 Å². The highest BCUT2D eigenvalue weighted by molar-refractivity contribution is 9.10. The number of pyridine rings is 2. The van der Waals surface area contributed by atoms with Gasteiger partial charge in [0.25, 0.3) is 0 Å². The molecule has 0 bridgehead atoms. The molecule has 1 aliphatic rings. The van der Waals surface area contributed by atoms with Gasteiger partial charge in [-0.2, -0.15) is 0 Å². The van der Waals surface area contributed by atoms with Gasteiger partial charge in [-0.1, -0.05) is 0 Å². The molecule has 0 aromatic carbocycles. The molecule has 0 spiro atoms. The van der Waals surface area contributed by atoms with E-state index >= 15 is 0 Å². The summed E-state index contributed by atoms with van der Waals surface area (Å²) in [5.41, 5.74) is 2.93. The van der Waals surface area contributed by atoms with Crippen LogP contribution in [0.1, 0.15) is 12.8 Å². The first kappa shape index (κ1) is 13.8. The highest BCUT2D eigenvalue weighted by atomic mass is 79.9. The van der Waals surface area contributed by atoms with Crippen LogP contribution < -0.4 is 4.90 Å². The second kappa shape index (κ2) is 6.06. The number of halogens is 1. The minimum Gasteiger partial charge on any atom is -0.379 e. The Labute approximate surface area is 127 Å². The van der Waals surface area contributed by atoms with Crippen molar-refractivity contribution >= 4 is 32.7 Å². The zero-order valence-electron chi connectivity index (χ0n) is 11.6. The third-order valence-electron chi connectivity index (χ3n) is 3.56. The summed E-state index contributed by atoms with van der Waals surface area (Å²) in [4.78, 5) is 11.0. The Hall–Kier alpha value is -1.20. The van der Waals surface area contributed by atoms with Crippen molar-refractivity contribution in [2.75, 3.05) is 31.7 Å². The number of nitrogens with zero attached hydrogens (tertiary/aromatic N) is 3. The van der Waals surface area contributed by atoms with E-state index in [0.29, 0.717) is 0 Å². The number of ether oxygens (including phenoxy) is 1. The van der Waals surface area contributed by atoms with Crippen LogP contribution in [0.25, 0.3) is 11.0 Å². The lowest BCUT2D eigenvalue weighted by atomic mass is 10.2. The number of hydrogen-bond donors (Lipinski definition) is 0. The van der Waals surface area contributed by atoms with Crippen molar-refractivity contribution in [3.05, 3.63) is 29.0 Å². The van der Waals surface area contributed by atoms with Crippen LogP contribution in [0.3, 0.4) is 0 Å². The maximum Gasteiger partial charge on any atom is 0.112 e. The molecule has 2 heterocycles. The lowest BCUT2D eigenvalue weighted by Crippen LogP contribution is -2.23. The van der Waals surface area contributed by atoms with Crippen molar-refractivity contribution < 1.29 is 4.74 Å². The van der Waals surface area contributed by atoms with E-state index in [2.05, 4.69) is 37.8 Å². The van der Waals surface area contributed by atoms with Crippen LogP contribution in [0.4, 0.5) is 5.69 Å². The van der Waals surface area contributed by atoms with Gasteiger partial charge in [0.2, 0.25) is 0 Å². The molecule has 0 amide bonds. The van der Waals surface area contributed by atoms with Crippen LogP contribution in [0.15, 0.2) is 29.0 Å². The molecule has 0 saturated heterocycles. The second-order valence-corrected chi connectivity index (χ2v) is 6.21. The highest BCUT2D eigenvalue weighted by Crippen LogP contribution is 2.29. The average Bonchev–Trinajstić information content (AvgIpc) is 3.26. The summed E-state index contributed by atoms with van der Waals surface area (Å²) in [6.07, 6.45) is 6.31. The van der Waals surface area contributed by atoms with E-state index in [4.69, 9.17) is 4.74 Å². The Morgan fingerprint density at radius 3 is 3.05 bits per heavy atom. The minimum atomic E-state index is 0.757. The van der Waals surface area contributed by atoms with E-state index < -0.39 is 0 Å². The van der Waals surface area contributed by atoms with Crippen LogP contribution in [0, 0.1) is 5.92 Å². The maximum atomic E-state index is 5.70. The van der Waals surface area contributed by atoms with Crippen molar-refractivity contribution in [1.29, 1.82) is 0 Å². The van der Waals surface area contributed by atoms with Gasteiger partial charge in [0, 0.05) is 37.1 Å². The van der Waals surface area contributed by atoms with Crippen LogP contribution in [0.5, 0.6) is 0 Å². The molecule has 0 atom stereocenters. The first-order chi connectivity index (χ1) is 9.74. The summed E-state index contributed by atoms with van der Waals surface area (Å²) in [6.45, 7) is 2.53. The lowest BCUT2D eigenvalue weighted by Gasteiger charge is -2.20. The Morgan fingerprint density at radius 1 is 1.40 bits per heavy atom. The third kappa shape index (κ3) is 3.27. The molecule has 106 valence electrons. The molecule has 5 heteroatoms. The smallest absolute Gasteiger partial charge is 0.112 e. The Balaban J connectivity index is 1.68. The molecule has 0 aliphatic heterocycles. The molecule has 1 fully saturated rings. The number of fused-ring (bicyclic) bond motifs is 1. The second-order valence-electron chi connectivity index (χ2n) is 5.29. The van der Waals surface area contributed by atoms with Crippen LogP contribution in [-0.2, 0) is 4.74 Å². The third-order valence-corrected chi connectivity index (χ3v) is 3.99. The molecular formula is C15H18BrN3O. The van der Waals surface area contributed by atoms with Gasteiger partial charge < -0.3 is 9.64 Å². The molecule has 1 saturated carbocycles. The van der Waals surface area contributed by atoms with Gasteiger partial charge in [-0.25, -0.2) is 0 Å². The monoisotopic (exact) mass is 335 g/mol. The van der Waals surface area contributed by atoms with Crippen molar-refractivity contribution in [2.45, 2.75) is 12.8 Å². The maximum absolute atomic E-state index is 5.70. The van der Waals surface area contributed by atoms with Gasteiger partial charge in [0.05, 0.1) is 17.8 Å². The van der Waals surface area contributed by atoms with Crippen molar-refractivity contribution in [3.8, 4) is 0 Å². The highest BCUT2D eigenvalue weighted by Gasteiger charge is 2.21.